The van der Waals surface area contributed by atoms with Crippen molar-refractivity contribution in [3.05, 3.63) is 53.7 Å². The first-order valence-electron chi connectivity index (χ1n) is 9.76. The molecule has 0 aliphatic carbocycles. The second-order valence-corrected chi connectivity index (χ2v) is 7.03. The molecule has 0 bridgehead atoms. The van der Waals surface area contributed by atoms with E-state index in [1.54, 1.807) is 43.4 Å². The van der Waals surface area contributed by atoms with Crippen molar-refractivity contribution in [3.8, 4) is 28.6 Å². The van der Waals surface area contributed by atoms with E-state index in [0.29, 0.717) is 41.7 Å². The predicted molar refractivity (Wildman–Crippen MR) is 109 cm³/mol. The Kier molecular flexibility index (Phi) is 5.75. The molecule has 31 heavy (non-hydrogen) atoms. The summed E-state index contributed by atoms with van der Waals surface area (Å²) in [6.45, 7) is 0.519. The van der Waals surface area contributed by atoms with Crippen molar-refractivity contribution in [1.82, 2.24) is 15.0 Å². The number of amides is 1. The minimum Gasteiger partial charge on any atom is -0.494 e. The van der Waals surface area contributed by atoms with Crippen LogP contribution in [0.25, 0.3) is 11.4 Å². The van der Waals surface area contributed by atoms with E-state index >= 15 is 0 Å². The number of ether oxygens (including phenoxy) is 3. The molecule has 1 saturated heterocycles. The predicted octanol–water partition coefficient (Wildman–Crippen LogP) is 3.88. The van der Waals surface area contributed by atoms with Gasteiger partial charge < -0.3 is 23.6 Å². The normalized spacial score (nSPS) is 15.7. The van der Waals surface area contributed by atoms with E-state index < -0.39 is 5.82 Å². The first-order valence-corrected chi connectivity index (χ1v) is 9.76. The summed E-state index contributed by atoms with van der Waals surface area (Å²) in [5.41, 5.74) is 0.936. The third-order valence-corrected chi connectivity index (χ3v) is 5.28. The number of nitrogens with zero attached hydrogens (tertiary/aromatic N) is 3. The third-order valence-electron chi connectivity index (χ3n) is 5.28. The van der Waals surface area contributed by atoms with Crippen LogP contribution < -0.4 is 14.2 Å². The molecule has 0 unspecified atom stereocenters. The van der Waals surface area contributed by atoms with E-state index in [-0.39, 0.29) is 23.3 Å². The lowest BCUT2D eigenvalue weighted by Gasteiger charge is -2.22. The Hall–Kier alpha value is -3.62. The number of hydrogen-bond acceptors (Lipinski definition) is 7. The zero-order valence-corrected chi connectivity index (χ0v) is 17.4. The third kappa shape index (κ3) is 3.90. The van der Waals surface area contributed by atoms with Crippen LogP contribution in [0.5, 0.6) is 17.2 Å². The summed E-state index contributed by atoms with van der Waals surface area (Å²) < 4.78 is 35.1. The molecule has 0 N–H and O–H groups in total. The van der Waals surface area contributed by atoms with Crippen LogP contribution in [0.4, 0.5) is 4.39 Å². The summed E-state index contributed by atoms with van der Waals surface area (Å²) in [6.07, 6.45) is 1.46. The lowest BCUT2D eigenvalue weighted by molar-refractivity contribution is 0.0709. The van der Waals surface area contributed by atoms with E-state index in [0.717, 1.165) is 6.42 Å². The van der Waals surface area contributed by atoms with E-state index in [2.05, 4.69) is 10.1 Å². The van der Waals surface area contributed by atoms with Gasteiger partial charge in [0, 0.05) is 17.7 Å². The molecule has 4 rings (SSSR count). The highest BCUT2D eigenvalue weighted by Gasteiger charge is 2.35. The molecule has 1 atom stereocenters. The average Bonchev–Trinajstić information content (AvgIpc) is 3.47. The molecule has 1 amide bonds. The van der Waals surface area contributed by atoms with Gasteiger partial charge in [-0.05, 0) is 49.2 Å². The second kappa shape index (κ2) is 8.63. The minimum atomic E-state index is -0.586. The first-order chi connectivity index (χ1) is 15.0. The molecule has 1 aliphatic rings. The Morgan fingerprint density at radius 1 is 1.06 bits per heavy atom. The molecule has 2 heterocycles. The van der Waals surface area contributed by atoms with Crippen LogP contribution in [-0.4, -0.2) is 48.8 Å². The van der Waals surface area contributed by atoms with E-state index in [9.17, 15) is 9.18 Å². The number of carbonyl (C=O) groups is 1. The molecule has 2 aromatic carbocycles. The summed E-state index contributed by atoms with van der Waals surface area (Å²) in [7, 11) is 4.49. The highest BCUT2D eigenvalue weighted by atomic mass is 19.1. The number of methoxy groups -OCH3 is 3. The van der Waals surface area contributed by atoms with Crippen molar-refractivity contribution in [2.24, 2.45) is 0 Å². The Bertz CT molecular complexity index is 1100. The number of halogens is 1. The van der Waals surface area contributed by atoms with E-state index in [4.69, 9.17) is 18.7 Å². The van der Waals surface area contributed by atoms with Gasteiger partial charge in [0.25, 0.3) is 5.91 Å². The summed E-state index contributed by atoms with van der Waals surface area (Å²) in [5.74, 6) is 1.06. The van der Waals surface area contributed by atoms with Gasteiger partial charge in [0.05, 0.1) is 21.3 Å². The first kappa shape index (κ1) is 20.6. The molecular weight excluding hydrogens is 405 g/mol. The number of hydrogen-bond donors (Lipinski definition) is 0. The van der Waals surface area contributed by atoms with E-state index in [1.807, 2.05) is 0 Å². The van der Waals surface area contributed by atoms with Gasteiger partial charge in [-0.3, -0.25) is 4.79 Å². The van der Waals surface area contributed by atoms with Gasteiger partial charge in [-0.1, -0.05) is 5.16 Å². The maximum absolute atomic E-state index is 14.1. The highest BCUT2D eigenvalue weighted by molar-refractivity contribution is 5.94. The number of aromatic nitrogens is 2. The molecule has 162 valence electrons. The molecule has 1 aromatic heterocycles. The van der Waals surface area contributed by atoms with Crippen LogP contribution in [0.3, 0.4) is 0 Å². The molecule has 8 nitrogen and oxygen atoms in total. The van der Waals surface area contributed by atoms with Crippen LogP contribution in [0, 0.1) is 5.82 Å². The number of rotatable bonds is 6. The average molecular weight is 427 g/mol. The van der Waals surface area contributed by atoms with Gasteiger partial charge in [0.2, 0.25) is 11.7 Å². The van der Waals surface area contributed by atoms with Crippen molar-refractivity contribution in [3.63, 3.8) is 0 Å². The number of likely N-dealkylation sites (tertiary alicyclic amines) is 1. The van der Waals surface area contributed by atoms with Crippen LogP contribution in [0.2, 0.25) is 0 Å². The van der Waals surface area contributed by atoms with Crippen LogP contribution in [0.1, 0.15) is 35.1 Å². The molecule has 1 fully saturated rings. The van der Waals surface area contributed by atoms with Gasteiger partial charge in [0.1, 0.15) is 6.04 Å². The maximum atomic E-state index is 14.1. The van der Waals surface area contributed by atoms with Gasteiger partial charge in [0.15, 0.2) is 23.1 Å². The molecule has 3 aromatic rings. The molecule has 0 radical (unpaired) electrons. The van der Waals surface area contributed by atoms with Crippen molar-refractivity contribution in [1.29, 1.82) is 0 Å². The highest BCUT2D eigenvalue weighted by Crippen LogP contribution is 2.35. The monoisotopic (exact) mass is 427 g/mol. The quantitative estimate of drug-likeness (QED) is 0.590. The van der Waals surface area contributed by atoms with Crippen LogP contribution >= 0.6 is 0 Å². The molecule has 1 aliphatic heterocycles. The fourth-order valence-corrected chi connectivity index (χ4v) is 3.69. The second-order valence-electron chi connectivity index (χ2n) is 7.03. The number of benzene rings is 2. The fourth-order valence-electron chi connectivity index (χ4n) is 3.69. The molecule has 0 saturated carbocycles. The molecule has 0 spiro atoms. The Morgan fingerprint density at radius 3 is 2.52 bits per heavy atom. The van der Waals surface area contributed by atoms with Gasteiger partial charge in [-0.2, -0.15) is 4.98 Å². The topological polar surface area (TPSA) is 86.9 Å². The zero-order chi connectivity index (χ0) is 22.0. The lowest BCUT2D eigenvalue weighted by Crippen LogP contribution is -2.30. The Balaban J connectivity index is 1.58. The lowest BCUT2D eigenvalue weighted by atomic mass is 10.1. The zero-order valence-electron chi connectivity index (χ0n) is 17.4. The van der Waals surface area contributed by atoms with E-state index in [1.165, 1.54) is 19.2 Å². The molecular formula is C22H22FN3O5. The van der Waals surface area contributed by atoms with Crippen molar-refractivity contribution < 1.29 is 27.9 Å². The summed E-state index contributed by atoms with van der Waals surface area (Å²) in [5, 5.41) is 4.07. The SMILES string of the molecule is COc1ccc(C(=O)N2CCC[C@H]2c2nc(-c3ccc(OC)c(OC)c3)no2)cc1F. The summed E-state index contributed by atoms with van der Waals surface area (Å²) in [4.78, 5) is 19.1. The van der Waals surface area contributed by atoms with Crippen LogP contribution in [0.15, 0.2) is 40.9 Å². The van der Waals surface area contributed by atoms with Crippen molar-refractivity contribution in [2.75, 3.05) is 27.9 Å². The smallest absolute Gasteiger partial charge is 0.254 e. The minimum absolute atomic E-state index is 0.0889. The van der Waals surface area contributed by atoms with Crippen molar-refractivity contribution in [2.45, 2.75) is 18.9 Å². The maximum Gasteiger partial charge on any atom is 0.254 e. The fraction of sp³-hybridized carbons (Fsp3) is 0.318. The van der Waals surface area contributed by atoms with Crippen molar-refractivity contribution >= 4 is 5.91 Å². The Morgan fingerprint density at radius 2 is 1.81 bits per heavy atom. The summed E-state index contributed by atoms with van der Waals surface area (Å²) in [6, 6.07) is 9.10. The largest absolute Gasteiger partial charge is 0.494 e. The Labute approximate surface area is 178 Å². The summed E-state index contributed by atoms with van der Waals surface area (Å²) >= 11 is 0. The van der Waals surface area contributed by atoms with Gasteiger partial charge in [-0.15, -0.1) is 0 Å². The van der Waals surface area contributed by atoms with Gasteiger partial charge >= 0.3 is 0 Å². The van der Waals surface area contributed by atoms with Gasteiger partial charge in [-0.25, -0.2) is 4.39 Å². The molecule has 9 heteroatoms. The number of carbonyl (C=O) groups excluding carboxylic acids is 1. The standard InChI is InChI=1S/C22H22FN3O5/c1-28-17-8-7-14(11-15(17)23)22(27)26-10-4-5-16(26)21-24-20(25-31-21)13-6-9-18(29-2)19(12-13)30-3/h6-9,11-12,16H,4-5,10H2,1-3H3/t16-/m0/s1. The van der Waals surface area contributed by atoms with Crippen LogP contribution in [-0.2, 0) is 0 Å².